The van der Waals surface area contributed by atoms with Gasteiger partial charge in [0.05, 0.1) is 18.8 Å². The van der Waals surface area contributed by atoms with Crippen LogP contribution in [0, 0.1) is 0 Å². The van der Waals surface area contributed by atoms with E-state index in [-0.39, 0.29) is 18.2 Å². The van der Waals surface area contributed by atoms with Gasteiger partial charge in [-0.3, -0.25) is 0 Å². The number of likely N-dealkylation sites (N-methyl/N-ethyl adjacent to an activating group) is 1. The Hall–Kier alpha value is -1.59. The van der Waals surface area contributed by atoms with Gasteiger partial charge in [-0.1, -0.05) is 12.1 Å². The molecule has 1 aliphatic heterocycles. The molecule has 1 N–H and O–H groups in total. The lowest BCUT2D eigenvalue weighted by Gasteiger charge is -2.21. The van der Waals surface area contributed by atoms with E-state index in [1.54, 1.807) is 11.9 Å². The van der Waals surface area contributed by atoms with E-state index in [2.05, 4.69) is 5.32 Å². The molecule has 0 aliphatic carbocycles. The molecule has 2 rings (SSSR count). The third-order valence-corrected chi connectivity index (χ3v) is 3.61. The van der Waals surface area contributed by atoms with Crippen molar-refractivity contribution in [3.8, 4) is 0 Å². The van der Waals surface area contributed by atoms with E-state index < -0.39 is 0 Å². The van der Waals surface area contributed by atoms with Crippen molar-refractivity contribution in [2.45, 2.75) is 45.5 Å². The molecule has 1 heterocycles. The van der Waals surface area contributed by atoms with Crippen LogP contribution >= 0.6 is 0 Å². The maximum absolute atomic E-state index is 12.2. The Labute approximate surface area is 132 Å². The van der Waals surface area contributed by atoms with E-state index in [1.807, 2.05) is 38.1 Å². The van der Waals surface area contributed by atoms with E-state index >= 15 is 0 Å². The minimum absolute atomic E-state index is 0.113. The molecule has 0 unspecified atom stereocenters. The summed E-state index contributed by atoms with van der Waals surface area (Å²) in [6.45, 7) is 5.99. The average molecular weight is 306 g/mol. The summed E-state index contributed by atoms with van der Waals surface area (Å²) in [4.78, 5) is 13.9. The Kier molecular flexibility index (Phi) is 6.21. The topological polar surface area (TPSA) is 50.8 Å². The Morgan fingerprint density at radius 1 is 1.50 bits per heavy atom. The number of amides is 2. The van der Waals surface area contributed by atoms with Gasteiger partial charge < -0.3 is 19.7 Å². The van der Waals surface area contributed by atoms with Crippen LogP contribution in [0.4, 0.5) is 10.5 Å². The van der Waals surface area contributed by atoms with Crippen LogP contribution in [-0.2, 0) is 16.1 Å². The summed E-state index contributed by atoms with van der Waals surface area (Å²) < 4.78 is 11.1. The Morgan fingerprint density at radius 3 is 3.00 bits per heavy atom. The first-order valence-corrected chi connectivity index (χ1v) is 7.89. The molecule has 2 amide bonds. The number of hydrogen-bond acceptors (Lipinski definition) is 3. The molecule has 0 aromatic heterocycles. The lowest BCUT2D eigenvalue weighted by molar-refractivity contribution is 0.0657. The highest BCUT2D eigenvalue weighted by atomic mass is 16.5. The van der Waals surface area contributed by atoms with Crippen molar-refractivity contribution in [3.63, 3.8) is 0 Å². The molecule has 122 valence electrons. The smallest absolute Gasteiger partial charge is 0.321 e. The van der Waals surface area contributed by atoms with Crippen LogP contribution in [-0.4, -0.2) is 43.3 Å². The first-order chi connectivity index (χ1) is 10.5. The van der Waals surface area contributed by atoms with Crippen molar-refractivity contribution in [1.29, 1.82) is 0 Å². The summed E-state index contributed by atoms with van der Waals surface area (Å²) in [5.41, 5.74) is 1.84. The summed E-state index contributed by atoms with van der Waals surface area (Å²) in [7, 11) is 1.79. The SMILES string of the molecule is CC(C)OCc1cccc(NC(=O)N(C)C[C@@H]2CCCO2)c1. The molecule has 5 nitrogen and oxygen atoms in total. The van der Waals surface area contributed by atoms with Crippen molar-refractivity contribution in [2.24, 2.45) is 0 Å². The molecule has 1 atom stereocenters. The average Bonchev–Trinajstić information content (AvgIpc) is 2.98. The number of nitrogens with one attached hydrogen (secondary N) is 1. The van der Waals surface area contributed by atoms with Crippen LogP contribution in [0.5, 0.6) is 0 Å². The van der Waals surface area contributed by atoms with Gasteiger partial charge in [-0.2, -0.15) is 0 Å². The molecule has 5 heteroatoms. The molecule has 0 bridgehead atoms. The Bertz CT molecular complexity index is 485. The van der Waals surface area contributed by atoms with Crippen molar-refractivity contribution in [2.75, 3.05) is 25.5 Å². The van der Waals surface area contributed by atoms with Gasteiger partial charge in [0.1, 0.15) is 0 Å². The largest absolute Gasteiger partial charge is 0.376 e. The first kappa shape index (κ1) is 16.8. The van der Waals surface area contributed by atoms with Gasteiger partial charge >= 0.3 is 6.03 Å². The highest BCUT2D eigenvalue weighted by Crippen LogP contribution is 2.15. The highest BCUT2D eigenvalue weighted by molar-refractivity contribution is 5.89. The van der Waals surface area contributed by atoms with E-state index in [0.717, 1.165) is 30.7 Å². The molecular formula is C17H26N2O3. The van der Waals surface area contributed by atoms with Crippen LogP contribution in [0.2, 0.25) is 0 Å². The maximum Gasteiger partial charge on any atom is 0.321 e. The fraction of sp³-hybridized carbons (Fsp3) is 0.588. The van der Waals surface area contributed by atoms with Crippen molar-refractivity contribution in [3.05, 3.63) is 29.8 Å². The van der Waals surface area contributed by atoms with Crippen LogP contribution in [0.1, 0.15) is 32.3 Å². The third kappa shape index (κ3) is 5.31. The minimum Gasteiger partial charge on any atom is -0.376 e. The van der Waals surface area contributed by atoms with Gasteiger partial charge in [0.15, 0.2) is 0 Å². The number of benzene rings is 1. The molecule has 1 aliphatic rings. The predicted molar refractivity (Wildman–Crippen MR) is 87.0 cm³/mol. The molecule has 1 aromatic carbocycles. The van der Waals surface area contributed by atoms with Gasteiger partial charge in [0.2, 0.25) is 0 Å². The molecule has 1 saturated heterocycles. The monoisotopic (exact) mass is 306 g/mol. The van der Waals surface area contributed by atoms with E-state index in [0.29, 0.717) is 13.2 Å². The Morgan fingerprint density at radius 2 is 2.32 bits per heavy atom. The van der Waals surface area contributed by atoms with Crippen LogP contribution in [0.15, 0.2) is 24.3 Å². The van der Waals surface area contributed by atoms with Crippen molar-refractivity contribution < 1.29 is 14.3 Å². The van der Waals surface area contributed by atoms with Crippen LogP contribution in [0.3, 0.4) is 0 Å². The summed E-state index contributed by atoms with van der Waals surface area (Å²) in [6, 6.07) is 7.64. The summed E-state index contributed by atoms with van der Waals surface area (Å²) >= 11 is 0. The molecular weight excluding hydrogens is 280 g/mol. The summed E-state index contributed by atoms with van der Waals surface area (Å²) in [5.74, 6) is 0. The molecule has 0 radical (unpaired) electrons. The number of urea groups is 1. The zero-order valence-electron chi connectivity index (χ0n) is 13.7. The number of anilines is 1. The molecule has 1 fully saturated rings. The van der Waals surface area contributed by atoms with Crippen LogP contribution < -0.4 is 5.32 Å². The second-order valence-corrected chi connectivity index (χ2v) is 6.01. The van der Waals surface area contributed by atoms with Gasteiger partial charge in [0, 0.05) is 25.9 Å². The number of hydrogen-bond donors (Lipinski definition) is 1. The normalized spacial score (nSPS) is 17.7. The molecule has 0 saturated carbocycles. The zero-order chi connectivity index (χ0) is 15.9. The lowest BCUT2D eigenvalue weighted by Crippen LogP contribution is -2.37. The van der Waals surface area contributed by atoms with E-state index in [1.165, 1.54) is 0 Å². The second kappa shape index (κ2) is 8.15. The van der Waals surface area contributed by atoms with Gasteiger partial charge in [-0.25, -0.2) is 4.79 Å². The highest BCUT2D eigenvalue weighted by Gasteiger charge is 2.20. The van der Waals surface area contributed by atoms with E-state index in [4.69, 9.17) is 9.47 Å². The standard InChI is InChI=1S/C17H26N2O3/c1-13(2)22-12-14-6-4-7-15(10-14)18-17(20)19(3)11-16-8-5-9-21-16/h4,6-7,10,13,16H,5,8-9,11-12H2,1-3H3,(H,18,20)/t16-/m0/s1. The number of ether oxygens (including phenoxy) is 2. The van der Waals surface area contributed by atoms with Crippen molar-refractivity contribution >= 4 is 11.7 Å². The van der Waals surface area contributed by atoms with Crippen molar-refractivity contribution in [1.82, 2.24) is 4.90 Å². The van der Waals surface area contributed by atoms with Gasteiger partial charge in [0.25, 0.3) is 0 Å². The zero-order valence-corrected chi connectivity index (χ0v) is 13.7. The molecule has 1 aromatic rings. The third-order valence-electron chi connectivity index (χ3n) is 3.61. The maximum atomic E-state index is 12.2. The minimum atomic E-state index is -0.113. The summed E-state index contributed by atoms with van der Waals surface area (Å²) in [5, 5.41) is 2.92. The lowest BCUT2D eigenvalue weighted by atomic mass is 10.2. The number of carbonyl (C=O) groups is 1. The number of nitrogens with zero attached hydrogens (tertiary/aromatic N) is 1. The van der Waals surface area contributed by atoms with E-state index in [9.17, 15) is 4.79 Å². The molecule has 22 heavy (non-hydrogen) atoms. The van der Waals surface area contributed by atoms with Gasteiger partial charge in [-0.05, 0) is 44.4 Å². The fourth-order valence-corrected chi connectivity index (χ4v) is 2.40. The Balaban J connectivity index is 1.85. The number of carbonyl (C=O) groups excluding carboxylic acids is 1. The number of rotatable bonds is 6. The van der Waals surface area contributed by atoms with Gasteiger partial charge in [-0.15, -0.1) is 0 Å². The van der Waals surface area contributed by atoms with Crippen LogP contribution in [0.25, 0.3) is 0 Å². The summed E-state index contributed by atoms with van der Waals surface area (Å²) in [6.07, 6.45) is 2.47. The second-order valence-electron chi connectivity index (χ2n) is 6.01. The molecule has 0 spiro atoms. The first-order valence-electron chi connectivity index (χ1n) is 7.89. The fourth-order valence-electron chi connectivity index (χ4n) is 2.40. The quantitative estimate of drug-likeness (QED) is 0.877. The predicted octanol–water partition coefficient (Wildman–Crippen LogP) is 3.25.